The lowest BCUT2D eigenvalue weighted by molar-refractivity contribution is 0.0740. The summed E-state index contributed by atoms with van der Waals surface area (Å²) in [5, 5.41) is 0. The van der Waals surface area contributed by atoms with Crippen molar-refractivity contribution in [1.82, 2.24) is 4.90 Å². The van der Waals surface area contributed by atoms with E-state index in [9.17, 15) is 9.18 Å². The Hall–Kier alpha value is -1.62. The molecule has 1 aromatic heterocycles. The third-order valence-corrected chi connectivity index (χ3v) is 3.58. The molecule has 100 valence electrons. The molecule has 0 fully saturated rings. The van der Waals surface area contributed by atoms with Gasteiger partial charge in [0.2, 0.25) is 0 Å². The van der Waals surface area contributed by atoms with Crippen LogP contribution in [-0.2, 0) is 6.54 Å². The van der Waals surface area contributed by atoms with Gasteiger partial charge in [0.05, 0.1) is 22.8 Å². The molecule has 0 spiro atoms. The maximum absolute atomic E-state index is 13.4. The third kappa shape index (κ3) is 3.04. The van der Waals surface area contributed by atoms with E-state index in [0.717, 1.165) is 0 Å². The minimum absolute atomic E-state index is 0.192. The van der Waals surface area contributed by atoms with Gasteiger partial charge >= 0.3 is 0 Å². The Bertz CT molecular complexity index is 569. The van der Waals surface area contributed by atoms with E-state index >= 15 is 0 Å². The molecule has 1 amide bonds. The van der Waals surface area contributed by atoms with Crippen LogP contribution in [-0.4, -0.2) is 17.4 Å². The molecule has 0 saturated heterocycles. The van der Waals surface area contributed by atoms with Crippen molar-refractivity contribution in [2.75, 3.05) is 6.54 Å². The minimum Gasteiger partial charge on any atom is -0.467 e. The third-order valence-electron chi connectivity index (χ3n) is 2.78. The van der Waals surface area contributed by atoms with Crippen LogP contribution in [0.1, 0.15) is 23.0 Å². The normalized spacial score (nSPS) is 10.5. The fraction of sp³-hybridized carbons (Fsp3) is 0.214. The van der Waals surface area contributed by atoms with Crippen LogP contribution in [0.5, 0.6) is 0 Å². The van der Waals surface area contributed by atoms with Crippen molar-refractivity contribution in [2.24, 2.45) is 0 Å². The first kappa shape index (κ1) is 13.8. The fourth-order valence-corrected chi connectivity index (χ4v) is 2.19. The molecule has 1 aromatic carbocycles. The highest BCUT2D eigenvalue weighted by atomic mass is 79.9. The van der Waals surface area contributed by atoms with E-state index in [4.69, 9.17) is 4.42 Å². The predicted octanol–water partition coefficient (Wildman–Crippen LogP) is 3.84. The van der Waals surface area contributed by atoms with Gasteiger partial charge in [-0.2, -0.15) is 0 Å². The summed E-state index contributed by atoms with van der Waals surface area (Å²) >= 11 is 3.11. The van der Waals surface area contributed by atoms with Crippen LogP contribution in [0.2, 0.25) is 0 Å². The van der Waals surface area contributed by atoms with E-state index in [1.807, 2.05) is 6.92 Å². The van der Waals surface area contributed by atoms with Crippen molar-refractivity contribution in [1.29, 1.82) is 0 Å². The molecule has 2 rings (SSSR count). The van der Waals surface area contributed by atoms with Gasteiger partial charge in [0.1, 0.15) is 11.6 Å². The van der Waals surface area contributed by atoms with Crippen molar-refractivity contribution < 1.29 is 13.6 Å². The highest BCUT2D eigenvalue weighted by Gasteiger charge is 2.19. The Morgan fingerprint density at radius 1 is 1.37 bits per heavy atom. The number of carbonyl (C=O) groups excluding carboxylic acids is 1. The second kappa shape index (κ2) is 6.02. The van der Waals surface area contributed by atoms with Crippen molar-refractivity contribution in [3.05, 3.63) is 58.2 Å². The largest absolute Gasteiger partial charge is 0.467 e. The monoisotopic (exact) mass is 325 g/mol. The summed E-state index contributed by atoms with van der Waals surface area (Å²) in [5.41, 5.74) is 0.313. The Labute approximate surface area is 119 Å². The average Bonchev–Trinajstić information content (AvgIpc) is 2.91. The van der Waals surface area contributed by atoms with Crippen LogP contribution in [0.15, 0.2) is 45.5 Å². The smallest absolute Gasteiger partial charge is 0.255 e. The number of carbonyl (C=O) groups is 1. The molecular weight excluding hydrogens is 313 g/mol. The molecule has 0 aliphatic carbocycles. The highest BCUT2D eigenvalue weighted by molar-refractivity contribution is 9.10. The Balaban J connectivity index is 2.23. The zero-order valence-corrected chi connectivity index (χ0v) is 12.0. The van der Waals surface area contributed by atoms with Gasteiger partial charge < -0.3 is 9.32 Å². The summed E-state index contributed by atoms with van der Waals surface area (Å²) in [6.45, 7) is 2.75. The standard InChI is InChI=1S/C14H13BrFNO2/c1-2-17(9-10-5-4-8-19-10)14(18)11-6-3-7-12(16)13(11)15/h3-8H,2,9H2,1H3. The Kier molecular flexibility index (Phi) is 4.37. The lowest BCUT2D eigenvalue weighted by atomic mass is 10.2. The second-order valence-electron chi connectivity index (χ2n) is 4.00. The van der Waals surface area contributed by atoms with Gasteiger partial charge in [-0.25, -0.2) is 4.39 Å². The zero-order valence-electron chi connectivity index (χ0n) is 10.4. The van der Waals surface area contributed by atoms with E-state index < -0.39 is 5.82 Å². The van der Waals surface area contributed by atoms with E-state index in [-0.39, 0.29) is 10.4 Å². The molecule has 0 saturated carbocycles. The summed E-state index contributed by atoms with van der Waals surface area (Å²) in [7, 11) is 0. The number of benzene rings is 1. The van der Waals surface area contributed by atoms with Crippen LogP contribution in [0.4, 0.5) is 4.39 Å². The van der Waals surface area contributed by atoms with E-state index in [2.05, 4.69) is 15.9 Å². The molecule has 0 unspecified atom stereocenters. The fourth-order valence-electron chi connectivity index (χ4n) is 1.76. The highest BCUT2D eigenvalue weighted by Crippen LogP contribution is 2.22. The number of furan rings is 1. The molecule has 0 atom stereocenters. The van der Waals surface area contributed by atoms with Crippen LogP contribution < -0.4 is 0 Å². The van der Waals surface area contributed by atoms with Crippen LogP contribution >= 0.6 is 15.9 Å². The van der Waals surface area contributed by atoms with Crippen LogP contribution in [0.3, 0.4) is 0 Å². The molecule has 0 aliphatic heterocycles. The SMILES string of the molecule is CCN(Cc1ccco1)C(=O)c1cccc(F)c1Br. The summed E-state index contributed by atoms with van der Waals surface area (Å²) in [6.07, 6.45) is 1.56. The molecule has 0 aliphatic rings. The van der Waals surface area contributed by atoms with E-state index in [1.54, 1.807) is 29.4 Å². The number of amides is 1. The van der Waals surface area contributed by atoms with Crippen molar-refractivity contribution in [3.63, 3.8) is 0 Å². The molecule has 0 N–H and O–H groups in total. The number of nitrogens with zero attached hydrogens (tertiary/aromatic N) is 1. The second-order valence-corrected chi connectivity index (χ2v) is 4.79. The molecule has 0 bridgehead atoms. The Morgan fingerprint density at radius 2 is 2.16 bits per heavy atom. The van der Waals surface area contributed by atoms with Gasteiger partial charge in [-0.05, 0) is 47.1 Å². The topological polar surface area (TPSA) is 33.5 Å². The maximum Gasteiger partial charge on any atom is 0.255 e. The van der Waals surface area contributed by atoms with Gasteiger partial charge in [-0.15, -0.1) is 0 Å². The number of halogens is 2. The zero-order chi connectivity index (χ0) is 13.8. The van der Waals surface area contributed by atoms with E-state index in [0.29, 0.717) is 24.4 Å². The molecule has 0 radical (unpaired) electrons. The summed E-state index contributed by atoms with van der Waals surface area (Å²) < 4.78 is 18.9. The first-order chi connectivity index (χ1) is 9.13. The molecule has 5 heteroatoms. The molecule has 2 aromatic rings. The summed E-state index contributed by atoms with van der Waals surface area (Å²) in [4.78, 5) is 14.0. The van der Waals surface area contributed by atoms with Gasteiger partial charge in [-0.1, -0.05) is 6.07 Å². The van der Waals surface area contributed by atoms with Crippen LogP contribution in [0.25, 0.3) is 0 Å². The quantitative estimate of drug-likeness (QED) is 0.855. The van der Waals surface area contributed by atoms with Gasteiger partial charge in [0.15, 0.2) is 0 Å². The number of hydrogen-bond donors (Lipinski definition) is 0. The Morgan fingerprint density at radius 3 is 2.79 bits per heavy atom. The summed E-state index contributed by atoms with van der Waals surface area (Å²) in [5.74, 6) is 0.0212. The van der Waals surface area contributed by atoms with Crippen molar-refractivity contribution in [2.45, 2.75) is 13.5 Å². The minimum atomic E-state index is -0.445. The van der Waals surface area contributed by atoms with Gasteiger partial charge in [0.25, 0.3) is 5.91 Å². The first-order valence-corrected chi connectivity index (χ1v) is 6.68. The molecular formula is C14H13BrFNO2. The summed E-state index contributed by atoms with van der Waals surface area (Å²) in [6, 6.07) is 8.00. The average molecular weight is 326 g/mol. The maximum atomic E-state index is 13.4. The molecule has 3 nitrogen and oxygen atoms in total. The lowest BCUT2D eigenvalue weighted by Crippen LogP contribution is -2.30. The molecule has 19 heavy (non-hydrogen) atoms. The van der Waals surface area contributed by atoms with E-state index in [1.165, 1.54) is 12.1 Å². The molecule has 1 heterocycles. The van der Waals surface area contributed by atoms with Gasteiger partial charge in [-0.3, -0.25) is 4.79 Å². The van der Waals surface area contributed by atoms with Crippen molar-refractivity contribution >= 4 is 21.8 Å². The van der Waals surface area contributed by atoms with Crippen molar-refractivity contribution in [3.8, 4) is 0 Å². The predicted molar refractivity (Wildman–Crippen MR) is 73.2 cm³/mol. The first-order valence-electron chi connectivity index (χ1n) is 5.89. The number of rotatable bonds is 4. The number of hydrogen-bond acceptors (Lipinski definition) is 2. The lowest BCUT2D eigenvalue weighted by Gasteiger charge is -2.20. The van der Waals surface area contributed by atoms with Gasteiger partial charge in [0, 0.05) is 6.54 Å². The van der Waals surface area contributed by atoms with Crippen LogP contribution in [0, 0.1) is 5.82 Å².